The van der Waals surface area contributed by atoms with E-state index in [0.717, 1.165) is 26.9 Å². The first-order valence-electron chi connectivity index (χ1n) is 9.15. The van der Waals surface area contributed by atoms with Crippen molar-refractivity contribution in [1.29, 1.82) is 0 Å². The van der Waals surface area contributed by atoms with Crippen LogP contribution in [0.2, 0.25) is 0 Å². The third-order valence-electron chi connectivity index (χ3n) is 4.46. The van der Waals surface area contributed by atoms with Crippen LogP contribution in [0.5, 0.6) is 0 Å². The molecule has 0 saturated carbocycles. The molecule has 0 aliphatic rings. The highest BCUT2D eigenvalue weighted by molar-refractivity contribution is 7.98. The van der Waals surface area contributed by atoms with E-state index in [0.29, 0.717) is 11.3 Å². The molecule has 0 aliphatic heterocycles. The molecule has 1 aromatic heterocycles. The molecular formula is C23H25NO3S. The van der Waals surface area contributed by atoms with Gasteiger partial charge < -0.3 is 9.84 Å². The lowest BCUT2D eigenvalue weighted by atomic mass is 9.91. The van der Waals surface area contributed by atoms with Gasteiger partial charge in [-0.25, -0.2) is 4.79 Å². The summed E-state index contributed by atoms with van der Waals surface area (Å²) >= 11 is 1.67. The summed E-state index contributed by atoms with van der Waals surface area (Å²) in [5, 5.41) is 10.9. The molecule has 0 radical (unpaired) electrons. The molecule has 0 aliphatic carbocycles. The van der Waals surface area contributed by atoms with Gasteiger partial charge in [0.2, 0.25) is 0 Å². The molecule has 0 fully saturated rings. The summed E-state index contributed by atoms with van der Waals surface area (Å²) in [6.45, 7) is 7.43. The van der Waals surface area contributed by atoms with Crippen molar-refractivity contribution in [2.45, 2.75) is 44.3 Å². The van der Waals surface area contributed by atoms with Crippen molar-refractivity contribution in [3.8, 4) is 11.1 Å². The number of para-hydroxylation sites is 1. The van der Waals surface area contributed by atoms with E-state index < -0.39 is 17.7 Å². The summed E-state index contributed by atoms with van der Waals surface area (Å²) in [5.41, 5.74) is 3.33. The lowest BCUT2D eigenvalue weighted by molar-refractivity contribution is -0.160. The summed E-state index contributed by atoms with van der Waals surface area (Å²) in [6.07, 6.45) is 0.927. The number of aryl methyl sites for hydroxylation is 1. The van der Waals surface area contributed by atoms with Crippen molar-refractivity contribution in [3.63, 3.8) is 0 Å². The summed E-state index contributed by atoms with van der Waals surface area (Å²) in [5.74, 6) is -1.02. The minimum atomic E-state index is -1.10. The predicted molar refractivity (Wildman–Crippen MR) is 115 cm³/mol. The fourth-order valence-electron chi connectivity index (χ4n) is 3.33. The summed E-state index contributed by atoms with van der Waals surface area (Å²) in [7, 11) is 0. The molecule has 0 bridgehead atoms. The van der Waals surface area contributed by atoms with Crippen molar-refractivity contribution in [2.75, 3.05) is 6.26 Å². The normalized spacial score (nSPS) is 12.9. The van der Waals surface area contributed by atoms with Crippen LogP contribution in [-0.4, -0.2) is 27.9 Å². The van der Waals surface area contributed by atoms with E-state index in [9.17, 15) is 9.90 Å². The topological polar surface area (TPSA) is 59.4 Å². The third-order valence-corrected chi connectivity index (χ3v) is 5.20. The number of nitrogens with zero attached hydrogens (tertiary/aromatic N) is 1. The lowest BCUT2D eigenvalue weighted by Gasteiger charge is -2.28. The Kier molecular flexibility index (Phi) is 5.77. The van der Waals surface area contributed by atoms with Gasteiger partial charge in [-0.05, 0) is 63.3 Å². The Labute approximate surface area is 170 Å². The molecule has 4 nitrogen and oxygen atoms in total. The largest absolute Gasteiger partial charge is 0.479 e. The second-order valence-electron chi connectivity index (χ2n) is 7.68. The first kappa shape index (κ1) is 20.4. The van der Waals surface area contributed by atoms with E-state index in [1.165, 1.54) is 0 Å². The second-order valence-corrected chi connectivity index (χ2v) is 8.56. The maximum absolute atomic E-state index is 12.2. The Morgan fingerprint density at radius 1 is 1.11 bits per heavy atom. The van der Waals surface area contributed by atoms with Crippen molar-refractivity contribution in [3.05, 3.63) is 59.8 Å². The zero-order chi connectivity index (χ0) is 20.5. The molecular weight excluding hydrogens is 370 g/mol. The maximum atomic E-state index is 12.2. The monoisotopic (exact) mass is 395 g/mol. The maximum Gasteiger partial charge on any atom is 0.337 e. The van der Waals surface area contributed by atoms with E-state index >= 15 is 0 Å². The molecule has 2 aromatic carbocycles. The average molecular weight is 396 g/mol. The number of carbonyl (C=O) groups is 1. The molecule has 1 atom stereocenters. The standard InChI is InChI=1S/C23H25NO3S/c1-14-19(21(22(25)26)27-23(2,3)4)20(15-10-12-16(28-5)13-11-15)17-8-6-7-9-18(17)24-14/h6-13,21H,1-5H3,(H,25,26). The molecule has 0 spiro atoms. The van der Waals surface area contributed by atoms with E-state index in [4.69, 9.17) is 4.74 Å². The van der Waals surface area contributed by atoms with Crippen molar-refractivity contribution < 1.29 is 14.6 Å². The molecule has 3 rings (SSSR count). The van der Waals surface area contributed by atoms with Crippen molar-refractivity contribution >= 4 is 28.6 Å². The number of carboxylic acids is 1. The predicted octanol–water partition coefficient (Wildman–Crippen LogP) is 5.87. The molecule has 0 amide bonds. The van der Waals surface area contributed by atoms with Crippen LogP contribution in [0.15, 0.2) is 53.4 Å². The first-order chi connectivity index (χ1) is 13.2. The van der Waals surface area contributed by atoms with E-state index in [2.05, 4.69) is 17.1 Å². The SMILES string of the molecule is CSc1ccc(-c2c(C(OC(C)(C)C)C(=O)O)c(C)nc3ccccc23)cc1. The van der Waals surface area contributed by atoms with Crippen LogP contribution in [0.3, 0.4) is 0 Å². The van der Waals surface area contributed by atoms with Crippen LogP contribution in [0.25, 0.3) is 22.0 Å². The van der Waals surface area contributed by atoms with Gasteiger partial charge in [0.05, 0.1) is 11.1 Å². The number of hydrogen-bond acceptors (Lipinski definition) is 4. The van der Waals surface area contributed by atoms with Crippen LogP contribution in [0.4, 0.5) is 0 Å². The van der Waals surface area contributed by atoms with Gasteiger partial charge in [0.25, 0.3) is 0 Å². The van der Waals surface area contributed by atoms with Crippen LogP contribution in [0, 0.1) is 6.92 Å². The van der Waals surface area contributed by atoms with E-state index in [1.807, 2.05) is 70.3 Å². The summed E-state index contributed by atoms with van der Waals surface area (Å²) in [6, 6.07) is 16.0. The Balaban J connectivity index is 2.34. The molecule has 5 heteroatoms. The Morgan fingerprint density at radius 2 is 1.75 bits per heavy atom. The summed E-state index contributed by atoms with van der Waals surface area (Å²) in [4.78, 5) is 18.0. The highest BCUT2D eigenvalue weighted by Crippen LogP contribution is 2.39. The van der Waals surface area contributed by atoms with Gasteiger partial charge in [0.15, 0.2) is 6.10 Å². The van der Waals surface area contributed by atoms with Gasteiger partial charge >= 0.3 is 5.97 Å². The average Bonchev–Trinajstić information content (AvgIpc) is 2.64. The third kappa shape index (κ3) is 4.21. The molecule has 1 unspecified atom stereocenters. The number of thioether (sulfide) groups is 1. The van der Waals surface area contributed by atoms with Crippen molar-refractivity contribution in [2.24, 2.45) is 0 Å². The fourth-order valence-corrected chi connectivity index (χ4v) is 3.73. The number of aliphatic carboxylic acids is 1. The van der Waals surface area contributed by atoms with Crippen LogP contribution < -0.4 is 0 Å². The molecule has 3 aromatic rings. The number of carboxylic acid groups (broad SMARTS) is 1. The lowest BCUT2D eigenvalue weighted by Crippen LogP contribution is -2.28. The number of fused-ring (bicyclic) bond motifs is 1. The van der Waals surface area contributed by atoms with Crippen LogP contribution >= 0.6 is 11.8 Å². The highest BCUT2D eigenvalue weighted by atomic mass is 32.2. The van der Waals surface area contributed by atoms with Gasteiger partial charge in [-0.3, -0.25) is 4.98 Å². The summed E-state index contributed by atoms with van der Waals surface area (Å²) < 4.78 is 5.98. The molecule has 1 N–H and O–H groups in total. The number of benzene rings is 2. The number of pyridine rings is 1. The van der Waals surface area contributed by atoms with Gasteiger partial charge in [-0.1, -0.05) is 30.3 Å². The zero-order valence-corrected chi connectivity index (χ0v) is 17.6. The Bertz CT molecular complexity index is 1010. The first-order valence-corrected chi connectivity index (χ1v) is 10.4. The smallest absolute Gasteiger partial charge is 0.337 e. The zero-order valence-electron chi connectivity index (χ0n) is 16.8. The number of rotatable bonds is 5. The van der Waals surface area contributed by atoms with E-state index in [1.54, 1.807) is 11.8 Å². The minimum absolute atomic E-state index is 0.609. The number of hydrogen-bond donors (Lipinski definition) is 1. The van der Waals surface area contributed by atoms with Gasteiger partial charge in [0.1, 0.15) is 0 Å². The Morgan fingerprint density at radius 3 is 2.32 bits per heavy atom. The molecule has 1 heterocycles. The van der Waals surface area contributed by atoms with Gasteiger partial charge in [0, 0.05) is 21.5 Å². The van der Waals surface area contributed by atoms with Crippen molar-refractivity contribution in [1.82, 2.24) is 4.98 Å². The van der Waals surface area contributed by atoms with Gasteiger partial charge in [-0.15, -0.1) is 11.8 Å². The van der Waals surface area contributed by atoms with E-state index in [-0.39, 0.29) is 0 Å². The van der Waals surface area contributed by atoms with Crippen LogP contribution in [0.1, 0.15) is 38.1 Å². The number of ether oxygens (including phenoxy) is 1. The molecule has 0 saturated heterocycles. The fraction of sp³-hybridized carbons (Fsp3) is 0.304. The van der Waals surface area contributed by atoms with Gasteiger partial charge in [-0.2, -0.15) is 0 Å². The Hall–Kier alpha value is -2.37. The van der Waals surface area contributed by atoms with Crippen LogP contribution in [-0.2, 0) is 9.53 Å². The minimum Gasteiger partial charge on any atom is -0.479 e. The number of aromatic nitrogens is 1. The quantitative estimate of drug-likeness (QED) is 0.547. The molecule has 146 valence electrons. The molecule has 28 heavy (non-hydrogen) atoms. The second kappa shape index (κ2) is 7.94. The highest BCUT2D eigenvalue weighted by Gasteiger charge is 2.32.